The summed E-state index contributed by atoms with van der Waals surface area (Å²) >= 11 is 1.31. The van der Waals surface area contributed by atoms with Crippen LogP contribution in [0.25, 0.3) is 0 Å². The molecule has 1 aromatic carbocycles. The predicted molar refractivity (Wildman–Crippen MR) is 111 cm³/mol. The molecule has 0 spiro atoms. The van der Waals surface area contributed by atoms with Crippen molar-refractivity contribution in [3.63, 3.8) is 0 Å². The molecule has 4 nitrogen and oxygen atoms in total. The van der Waals surface area contributed by atoms with Crippen LogP contribution in [0.4, 0.5) is 0 Å². The molecular formula is C22H28N2O2S. The molecule has 27 heavy (non-hydrogen) atoms. The second-order valence-corrected chi connectivity index (χ2v) is 8.56. The first-order valence-electron chi connectivity index (χ1n) is 9.65. The molecule has 1 amide bonds. The Bertz CT molecular complexity index is 772. The Hall–Kier alpha value is -1.98. The van der Waals surface area contributed by atoms with E-state index in [-0.39, 0.29) is 11.7 Å². The van der Waals surface area contributed by atoms with Crippen molar-refractivity contribution in [1.29, 1.82) is 0 Å². The number of piperidine rings is 1. The molecule has 2 aromatic rings. The lowest BCUT2D eigenvalue weighted by Crippen LogP contribution is -2.42. The summed E-state index contributed by atoms with van der Waals surface area (Å²) in [7, 11) is 2.15. The summed E-state index contributed by atoms with van der Waals surface area (Å²) in [5.41, 5.74) is 1.24. The minimum absolute atomic E-state index is 0.0174. The van der Waals surface area contributed by atoms with Crippen molar-refractivity contribution in [3.05, 3.63) is 57.8 Å². The van der Waals surface area contributed by atoms with Gasteiger partial charge in [-0.1, -0.05) is 30.3 Å². The Labute approximate surface area is 165 Å². The summed E-state index contributed by atoms with van der Waals surface area (Å²) in [4.78, 5) is 30.4. The van der Waals surface area contributed by atoms with Gasteiger partial charge in [0.15, 0.2) is 5.78 Å². The zero-order chi connectivity index (χ0) is 19.2. The molecule has 1 aromatic heterocycles. The minimum atomic E-state index is 0.0174. The molecule has 0 radical (unpaired) electrons. The lowest BCUT2D eigenvalue weighted by atomic mass is 9.97. The van der Waals surface area contributed by atoms with Crippen LogP contribution in [0, 0.1) is 5.92 Å². The van der Waals surface area contributed by atoms with E-state index in [4.69, 9.17) is 0 Å². The number of rotatable bonds is 7. The second-order valence-electron chi connectivity index (χ2n) is 7.48. The van der Waals surface area contributed by atoms with E-state index in [9.17, 15) is 9.59 Å². The summed E-state index contributed by atoms with van der Waals surface area (Å²) in [5, 5.41) is 0. The Morgan fingerprint density at radius 2 is 1.89 bits per heavy atom. The van der Waals surface area contributed by atoms with Crippen molar-refractivity contribution < 1.29 is 9.59 Å². The van der Waals surface area contributed by atoms with Crippen LogP contribution in [0.1, 0.15) is 44.7 Å². The summed E-state index contributed by atoms with van der Waals surface area (Å²) in [6.45, 7) is 5.21. The van der Waals surface area contributed by atoms with Crippen molar-refractivity contribution in [3.8, 4) is 0 Å². The maximum absolute atomic E-state index is 13.2. The molecule has 0 bridgehead atoms. The SMILES string of the molecule is CC(=O)c1ccc(C(=O)N(CCc2ccccc2)CC2CCCN(C)C2)s1. The first-order valence-corrected chi connectivity index (χ1v) is 10.5. The van der Waals surface area contributed by atoms with Crippen molar-refractivity contribution in [2.75, 3.05) is 33.2 Å². The highest BCUT2D eigenvalue weighted by Gasteiger charge is 2.24. The standard InChI is InChI=1S/C22H28N2O2S/c1-17(25)20-10-11-21(27-20)22(26)24(14-12-18-7-4-3-5-8-18)16-19-9-6-13-23(2)15-19/h3-5,7-8,10-11,19H,6,9,12-16H2,1-2H3. The van der Waals surface area contributed by atoms with Crippen LogP contribution in [0.5, 0.6) is 0 Å². The molecule has 1 saturated heterocycles. The number of ketones is 1. The molecule has 5 heteroatoms. The molecule has 2 heterocycles. The molecule has 1 aliphatic heterocycles. The van der Waals surface area contributed by atoms with E-state index < -0.39 is 0 Å². The highest BCUT2D eigenvalue weighted by molar-refractivity contribution is 7.15. The largest absolute Gasteiger partial charge is 0.337 e. The van der Waals surface area contributed by atoms with Crippen LogP contribution >= 0.6 is 11.3 Å². The van der Waals surface area contributed by atoms with E-state index in [2.05, 4.69) is 24.1 Å². The number of amides is 1. The van der Waals surface area contributed by atoms with Crippen molar-refractivity contribution >= 4 is 23.0 Å². The van der Waals surface area contributed by atoms with Gasteiger partial charge in [0.2, 0.25) is 0 Å². The van der Waals surface area contributed by atoms with Crippen LogP contribution in [0.15, 0.2) is 42.5 Å². The first-order chi connectivity index (χ1) is 13.0. The molecule has 1 unspecified atom stereocenters. The highest BCUT2D eigenvalue weighted by atomic mass is 32.1. The first kappa shape index (κ1) is 19.8. The lowest BCUT2D eigenvalue weighted by Gasteiger charge is -2.33. The van der Waals surface area contributed by atoms with E-state index in [0.29, 0.717) is 22.2 Å². The van der Waals surface area contributed by atoms with Crippen LogP contribution < -0.4 is 0 Å². The fourth-order valence-electron chi connectivity index (χ4n) is 3.72. The second kappa shape index (κ2) is 9.29. The number of carbonyl (C=O) groups is 2. The van der Waals surface area contributed by atoms with Crippen LogP contribution in [-0.4, -0.2) is 54.7 Å². The van der Waals surface area contributed by atoms with Crippen molar-refractivity contribution in [2.24, 2.45) is 5.92 Å². The van der Waals surface area contributed by atoms with Gasteiger partial charge >= 0.3 is 0 Å². The van der Waals surface area contributed by atoms with Gasteiger partial charge in [0, 0.05) is 19.6 Å². The topological polar surface area (TPSA) is 40.6 Å². The zero-order valence-electron chi connectivity index (χ0n) is 16.2. The van der Waals surface area contributed by atoms with Crippen LogP contribution in [0.2, 0.25) is 0 Å². The third-order valence-electron chi connectivity index (χ3n) is 5.16. The number of likely N-dealkylation sites (tertiary alicyclic amines) is 1. The quantitative estimate of drug-likeness (QED) is 0.678. The van der Waals surface area contributed by atoms with E-state index in [1.54, 1.807) is 19.1 Å². The summed E-state index contributed by atoms with van der Waals surface area (Å²) < 4.78 is 0. The molecule has 0 saturated carbocycles. The number of hydrogen-bond donors (Lipinski definition) is 0. The smallest absolute Gasteiger partial charge is 0.263 e. The van der Waals surface area contributed by atoms with Crippen LogP contribution in [-0.2, 0) is 6.42 Å². The van der Waals surface area contributed by atoms with Crippen LogP contribution in [0.3, 0.4) is 0 Å². The molecule has 1 aliphatic rings. The molecule has 1 atom stereocenters. The van der Waals surface area contributed by atoms with Gasteiger partial charge in [0.25, 0.3) is 5.91 Å². The number of Topliss-reactive ketones (excluding diaryl/α,β-unsaturated/α-hetero) is 1. The number of carbonyl (C=O) groups excluding carboxylic acids is 2. The third-order valence-corrected chi connectivity index (χ3v) is 6.34. The van der Waals surface area contributed by atoms with Gasteiger partial charge in [-0.25, -0.2) is 0 Å². The van der Waals surface area contributed by atoms with Gasteiger partial charge in [-0.05, 0) is 63.4 Å². The van der Waals surface area contributed by atoms with Gasteiger partial charge in [-0.2, -0.15) is 0 Å². The maximum atomic E-state index is 13.2. The summed E-state index contributed by atoms with van der Waals surface area (Å²) in [6, 6.07) is 13.9. The Morgan fingerprint density at radius 3 is 2.56 bits per heavy atom. The molecule has 0 N–H and O–H groups in total. The Kier molecular flexibility index (Phi) is 6.80. The third kappa shape index (κ3) is 5.50. The zero-order valence-corrected chi connectivity index (χ0v) is 17.0. The lowest BCUT2D eigenvalue weighted by molar-refractivity contribution is 0.0698. The van der Waals surface area contributed by atoms with Crippen molar-refractivity contribution in [1.82, 2.24) is 9.80 Å². The minimum Gasteiger partial charge on any atom is -0.337 e. The molecule has 3 rings (SSSR count). The number of thiophene rings is 1. The van der Waals surface area contributed by atoms with E-state index >= 15 is 0 Å². The number of benzene rings is 1. The van der Waals surface area contributed by atoms with Crippen molar-refractivity contribution in [2.45, 2.75) is 26.2 Å². The monoisotopic (exact) mass is 384 g/mol. The molecule has 1 fully saturated rings. The van der Waals surface area contributed by atoms with E-state index in [1.165, 1.54) is 29.7 Å². The van der Waals surface area contributed by atoms with E-state index in [1.807, 2.05) is 23.1 Å². The molecule has 0 aliphatic carbocycles. The Morgan fingerprint density at radius 1 is 1.15 bits per heavy atom. The van der Waals surface area contributed by atoms with Gasteiger partial charge in [0.1, 0.15) is 0 Å². The fraction of sp³-hybridized carbons (Fsp3) is 0.455. The van der Waals surface area contributed by atoms with Gasteiger partial charge in [-0.3, -0.25) is 9.59 Å². The number of nitrogens with zero attached hydrogens (tertiary/aromatic N) is 2. The molecular weight excluding hydrogens is 356 g/mol. The highest BCUT2D eigenvalue weighted by Crippen LogP contribution is 2.22. The Balaban J connectivity index is 1.72. The molecule has 144 valence electrons. The van der Waals surface area contributed by atoms with Gasteiger partial charge in [-0.15, -0.1) is 11.3 Å². The fourth-order valence-corrected chi connectivity index (χ4v) is 4.59. The summed E-state index contributed by atoms with van der Waals surface area (Å²) in [6.07, 6.45) is 3.21. The van der Waals surface area contributed by atoms with Gasteiger partial charge < -0.3 is 9.80 Å². The van der Waals surface area contributed by atoms with E-state index in [0.717, 1.165) is 26.1 Å². The average Bonchev–Trinajstić information content (AvgIpc) is 3.16. The van der Waals surface area contributed by atoms with Gasteiger partial charge in [0.05, 0.1) is 9.75 Å². The summed E-state index contributed by atoms with van der Waals surface area (Å²) in [5.74, 6) is 0.580. The average molecular weight is 385 g/mol. The maximum Gasteiger partial charge on any atom is 0.263 e. The normalized spacial score (nSPS) is 17.6. The number of hydrogen-bond acceptors (Lipinski definition) is 4. The predicted octanol–water partition coefficient (Wildman–Crippen LogP) is 3.98.